The summed E-state index contributed by atoms with van der Waals surface area (Å²) in [6.07, 6.45) is 2.05. The molecule has 1 heterocycles. The molecule has 4 nitrogen and oxygen atoms in total. The molecule has 1 aromatic carbocycles. The van der Waals surface area contributed by atoms with Gasteiger partial charge in [0.2, 0.25) is 0 Å². The second kappa shape index (κ2) is 6.56. The number of hydrogen-bond acceptors (Lipinski definition) is 5. The van der Waals surface area contributed by atoms with Crippen LogP contribution in [0.1, 0.15) is 5.56 Å². The van der Waals surface area contributed by atoms with Gasteiger partial charge in [0.15, 0.2) is 9.84 Å². The van der Waals surface area contributed by atoms with Crippen molar-refractivity contribution in [2.24, 2.45) is 5.73 Å². The first-order chi connectivity index (χ1) is 9.43. The first-order valence-electron chi connectivity index (χ1n) is 6.45. The fraction of sp³-hybridized carbons (Fsp3) is 0.538. The number of anilines is 1. The lowest BCUT2D eigenvalue weighted by atomic mass is 10.1. The Kier molecular flexibility index (Phi) is 5.23. The third-order valence-corrected chi connectivity index (χ3v) is 6.28. The molecule has 0 aromatic heterocycles. The largest absolute Gasteiger partial charge is 0.352 e. The van der Waals surface area contributed by atoms with Gasteiger partial charge in [-0.2, -0.15) is 11.8 Å². The lowest BCUT2D eigenvalue weighted by Gasteiger charge is -2.36. The number of hydrogen-bond donors (Lipinski definition) is 1. The van der Waals surface area contributed by atoms with Crippen molar-refractivity contribution in [1.82, 2.24) is 0 Å². The van der Waals surface area contributed by atoms with Gasteiger partial charge in [0, 0.05) is 24.3 Å². The first kappa shape index (κ1) is 15.9. The molecule has 0 spiro atoms. The summed E-state index contributed by atoms with van der Waals surface area (Å²) in [7, 11) is -3.13. The van der Waals surface area contributed by atoms with Gasteiger partial charge in [0.25, 0.3) is 0 Å². The van der Waals surface area contributed by atoms with E-state index in [1.165, 1.54) is 6.26 Å². The Hall–Kier alpha value is -0.430. The normalized spacial score (nSPS) is 20.1. The number of nitrogens with two attached hydrogens (primary N) is 1. The summed E-state index contributed by atoms with van der Waals surface area (Å²) < 4.78 is 23.9. The average molecular weight is 335 g/mol. The Labute approximate surface area is 129 Å². The van der Waals surface area contributed by atoms with Gasteiger partial charge in [-0.1, -0.05) is 17.7 Å². The van der Waals surface area contributed by atoms with Crippen LogP contribution < -0.4 is 10.6 Å². The van der Waals surface area contributed by atoms with E-state index in [0.29, 0.717) is 23.9 Å². The van der Waals surface area contributed by atoms with Gasteiger partial charge >= 0.3 is 0 Å². The number of rotatable bonds is 4. The number of halogens is 1. The van der Waals surface area contributed by atoms with Crippen molar-refractivity contribution >= 4 is 38.9 Å². The zero-order valence-electron chi connectivity index (χ0n) is 11.4. The molecule has 1 atom stereocenters. The highest BCUT2D eigenvalue weighted by atomic mass is 35.5. The number of nitrogens with zero attached hydrogens (tertiary/aromatic N) is 1. The molecule has 0 aliphatic carbocycles. The van der Waals surface area contributed by atoms with Crippen molar-refractivity contribution in [3.05, 3.63) is 28.8 Å². The molecule has 1 aliphatic rings. The van der Waals surface area contributed by atoms with E-state index < -0.39 is 15.2 Å². The molecule has 1 saturated heterocycles. The number of sulfone groups is 1. The molecule has 7 heteroatoms. The fourth-order valence-electron chi connectivity index (χ4n) is 2.32. The lowest BCUT2D eigenvalue weighted by molar-refractivity contribution is 0.584. The van der Waals surface area contributed by atoms with Crippen LogP contribution in [0.25, 0.3) is 0 Å². The molecule has 1 unspecified atom stereocenters. The molecule has 1 aliphatic heterocycles. The third kappa shape index (κ3) is 3.61. The number of benzene rings is 1. The maximum Gasteiger partial charge on any atom is 0.169 e. The van der Waals surface area contributed by atoms with Crippen molar-refractivity contribution in [2.45, 2.75) is 11.8 Å². The Morgan fingerprint density at radius 3 is 2.85 bits per heavy atom. The summed E-state index contributed by atoms with van der Waals surface area (Å²) in [5, 5.41) is 0.0932. The summed E-state index contributed by atoms with van der Waals surface area (Å²) in [4.78, 5) is 1.90. The molecule has 0 amide bonds. The van der Waals surface area contributed by atoms with Gasteiger partial charge in [-0.25, -0.2) is 8.42 Å². The topological polar surface area (TPSA) is 63.4 Å². The van der Waals surface area contributed by atoms with E-state index in [-0.39, 0.29) is 0 Å². The summed E-state index contributed by atoms with van der Waals surface area (Å²) in [6, 6.07) is 5.75. The van der Waals surface area contributed by atoms with E-state index in [1.54, 1.807) is 11.8 Å². The van der Waals surface area contributed by atoms with Crippen molar-refractivity contribution in [2.75, 3.05) is 35.8 Å². The minimum absolute atomic E-state index is 0.501. The third-order valence-electron chi connectivity index (χ3n) is 3.33. The van der Waals surface area contributed by atoms with Gasteiger partial charge in [-0.3, -0.25) is 0 Å². The smallest absolute Gasteiger partial charge is 0.169 e. The van der Waals surface area contributed by atoms with Crippen LogP contribution in [-0.2, 0) is 16.3 Å². The van der Waals surface area contributed by atoms with Crippen LogP contribution in [0.3, 0.4) is 0 Å². The van der Waals surface area contributed by atoms with Crippen LogP contribution in [0.2, 0.25) is 5.02 Å². The quantitative estimate of drug-likeness (QED) is 0.909. The Balaban J connectivity index is 2.33. The van der Waals surface area contributed by atoms with Gasteiger partial charge in [0.1, 0.15) is 5.37 Å². The first-order valence-corrected chi connectivity index (χ1v) is 9.94. The van der Waals surface area contributed by atoms with Crippen LogP contribution in [0.15, 0.2) is 18.2 Å². The molecule has 112 valence electrons. The Morgan fingerprint density at radius 1 is 1.50 bits per heavy atom. The van der Waals surface area contributed by atoms with E-state index in [1.807, 2.05) is 23.1 Å². The predicted molar refractivity (Wildman–Crippen MR) is 87.5 cm³/mol. The van der Waals surface area contributed by atoms with Crippen molar-refractivity contribution in [1.29, 1.82) is 0 Å². The van der Waals surface area contributed by atoms with Gasteiger partial charge in [0.05, 0.1) is 10.7 Å². The lowest BCUT2D eigenvalue weighted by Crippen LogP contribution is -2.47. The molecule has 2 N–H and O–H groups in total. The Morgan fingerprint density at radius 2 is 2.25 bits per heavy atom. The zero-order valence-corrected chi connectivity index (χ0v) is 13.8. The second-order valence-electron chi connectivity index (χ2n) is 4.88. The van der Waals surface area contributed by atoms with Crippen molar-refractivity contribution in [3.8, 4) is 0 Å². The highest BCUT2D eigenvalue weighted by Gasteiger charge is 2.32. The standard InChI is InChI=1S/C13H19ClN2O2S2/c1-20(17,18)13-9-19-7-6-16(13)12-3-2-10(4-5-15)8-11(12)14/h2-3,8,13H,4-7,9,15H2,1H3. The van der Waals surface area contributed by atoms with Gasteiger partial charge in [-0.15, -0.1) is 0 Å². The molecular weight excluding hydrogens is 316 g/mol. The summed E-state index contributed by atoms with van der Waals surface area (Å²) in [6.45, 7) is 1.26. The van der Waals surface area contributed by atoms with Crippen LogP contribution in [-0.4, -0.2) is 44.6 Å². The second-order valence-corrected chi connectivity index (χ2v) is 8.64. The average Bonchev–Trinajstić information content (AvgIpc) is 2.38. The highest BCUT2D eigenvalue weighted by Crippen LogP contribution is 2.33. The Bertz CT molecular complexity index is 578. The molecule has 1 aromatic rings. The van der Waals surface area contributed by atoms with Gasteiger partial charge in [-0.05, 0) is 30.7 Å². The van der Waals surface area contributed by atoms with Crippen LogP contribution in [0.5, 0.6) is 0 Å². The molecule has 0 bridgehead atoms. The van der Waals surface area contributed by atoms with Crippen LogP contribution in [0.4, 0.5) is 5.69 Å². The maximum atomic E-state index is 11.9. The zero-order chi connectivity index (χ0) is 14.8. The summed E-state index contributed by atoms with van der Waals surface area (Å²) >= 11 is 7.99. The minimum Gasteiger partial charge on any atom is -0.352 e. The maximum absolute atomic E-state index is 11.9. The SMILES string of the molecule is CS(=O)(=O)C1CSCCN1c1ccc(CCN)cc1Cl. The summed E-state index contributed by atoms with van der Waals surface area (Å²) in [5.74, 6) is 1.49. The molecule has 1 fully saturated rings. The number of thioether (sulfide) groups is 1. The fourth-order valence-corrected chi connectivity index (χ4v) is 5.46. The molecule has 2 rings (SSSR count). The monoisotopic (exact) mass is 334 g/mol. The minimum atomic E-state index is -3.13. The molecule has 0 saturated carbocycles. The van der Waals surface area contributed by atoms with E-state index in [0.717, 1.165) is 23.4 Å². The molecule has 20 heavy (non-hydrogen) atoms. The van der Waals surface area contributed by atoms with Crippen LogP contribution in [0, 0.1) is 0 Å². The van der Waals surface area contributed by atoms with E-state index in [4.69, 9.17) is 17.3 Å². The van der Waals surface area contributed by atoms with E-state index >= 15 is 0 Å². The predicted octanol–water partition coefficient (Wildman–Crippen LogP) is 1.77. The van der Waals surface area contributed by atoms with Gasteiger partial charge < -0.3 is 10.6 Å². The van der Waals surface area contributed by atoms with Crippen molar-refractivity contribution in [3.63, 3.8) is 0 Å². The summed E-state index contributed by atoms with van der Waals surface area (Å²) in [5.41, 5.74) is 7.40. The van der Waals surface area contributed by atoms with E-state index in [2.05, 4.69) is 0 Å². The molecule has 0 radical (unpaired) electrons. The van der Waals surface area contributed by atoms with E-state index in [9.17, 15) is 8.42 Å². The highest BCUT2D eigenvalue weighted by molar-refractivity contribution is 8.01. The molecular formula is C13H19ClN2O2S2. The van der Waals surface area contributed by atoms with Crippen LogP contribution >= 0.6 is 23.4 Å². The van der Waals surface area contributed by atoms with Crippen molar-refractivity contribution < 1.29 is 8.42 Å².